The molecule has 1 aliphatic heterocycles. The summed E-state index contributed by atoms with van der Waals surface area (Å²) in [6.07, 6.45) is 4.84. The van der Waals surface area contributed by atoms with Crippen molar-refractivity contribution in [2.45, 2.75) is 57.6 Å². The van der Waals surface area contributed by atoms with E-state index in [1.807, 2.05) is 54.4 Å². The molecule has 0 saturated carbocycles. The molecule has 6 heteroatoms. The Morgan fingerprint density at radius 3 is 2.60 bits per heavy atom. The molecule has 1 aliphatic rings. The molecule has 3 aromatic carbocycles. The van der Waals surface area contributed by atoms with Crippen LogP contribution in [0.3, 0.4) is 0 Å². The first-order valence-electron chi connectivity index (χ1n) is 14.5. The second-order valence-electron chi connectivity index (χ2n) is 10.9. The zero-order chi connectivity index (χ0) is 28.5. The van der Waals surface area contributed by atoms with E-state index in [0.717, 1.165) is 60.9 Å². The number of nitrogens with one attached hydrogen (secondary N) is 1. The fraction of sp³-hybridized carbons (Fsp3) is 0.441. The number of aliphatic hydroxyl groups is 1. The van der Waals surface area contributed by atoms with Gasteiger partial charge in [-0.25, -0.2) is 0 Å². The maximum Gasteiger partial charge on any atom is 0.253 e. The normalized spacial score (nSPS) is 17.0. The topological polar surface area (TPSA) is 61.8 Å². The van der Waals surface area contributed by atoms with Crippen molar-refractivity contribution in [1.29, 1.82) is 0 Å². The molecule has 3 aromatic rings. The van der Waals surface area contributed by atoms with Crippen LogP contribution in [0.15, 0.2) is 66.7 Å². The predicted octanol–water partition coefficient (Wildman–Crippen LogP) is 6.85. The van der Waals surface area contributed by atoms with E-state index in [4.69, 9.17) is 16.3 Å². The van der Waals surface area contributed by atoms with E-state index in [0.29, 0.717) is 36.7 Å². The second kappa shape index (κ2) is 14.3. The molecule has 0 radical (unpaired) electrons. The van der Waals surface area contributed by atoms with Crippen LogP contribution in [0.4, 0.5) is 0 Å². The minimum Gasteiger partial charge on any atom is -0.385 e. The highest BCUT2D eigenvalue weighted by Gasteiger charge is 2.43. The van der Waals surface area contributed by atoms with Gasteiger partial charge in [0.2, 0.25) is 0 Å². The highest BCUT2D eigenvalue weighted by molar-refractivity contribution is 6.33. The Balaban J connectivity index is 1.69. The first kappa shape index (κ1) is 30.3. The van der Waals surface area contributed by atoms with Crippen molar-refractivity contribution in [1.82, 2.24) is 10.2 Å². The summed E-state index contributed by atoms with van der Waals surface area (Å²) in [5.74, 6) is -0.104. The quantitative estimate of drug-likeness (QED) is 0.237. The molecule has 0 bridgehead atoms. The Bertz CT molecular complexity index is 1260. The van der Waals surface area contributed by atoms with E-state index in [-0.39, 0.29) is 11.8 Å². The van der Waals surface area contributed by atoms with Crippen LogP contribution in [0, 0.1) is 5.92 Å². The number of nitrogens with zero attached hydrogens (tertiary/aromatic N) is 1. The second-order valence-corrected chi connectivity index (χ2v) is 11.3. The van der Waals surface area contributed by atoms with Crippen molar-refractivity contribution in [3.8, 4) is 11.1 Å². The lowest BCUT2D eigenvalue weighted by molar-refractivity contribution is -0.0574. The maximum atomic E-state index is 13.6. The standard InChI is InChI=1S/C34H43ClN2O3/c1-4-25-10-7-11-28(22-25)32-30(13-8-14-31(32)35)34(39,19-5-6-21-40-3)29-12-9-20-37(24-29)33(38)27-17-15-26(16-18-27)23-36-2/h7-8,10-11,13-18,22,29,36,39H,4-6,9,12,19-21,23-24H2,1-3H3/t29-,34+/m1/s1. The van der Waals surface area contributed by atoms with Crippen LogP contribution in [-0.4, -0.2) is 49.8 Å². The van der Waals surface area contributed by atoms with E-state index in [2.05, 4.69) is 36.5 Å². The smallest absolute Gasteiger partial charge is 0.253 e. The molecule has 1 heterocycles. The molecular formula is C34H43ClN2O3. The fourth-order valence-corrected chi connectivity index (χ4v) is 6.31. The third kappa shape index (κ3) is 6.95. The summed E-state index contributed by atoms with van der Waals surface area (Å²) >= 11 is 6.88. The molecule has 1 amide bonds. The molecule has 40 heavy (non-hydrogen) atoms. The molecule has 0 spiro atoms. The molecule has 2 atom stereocenters. The van der Waals surface area contributed by atoms with Crippen LogP contribution in [0.25, 0.3) is 11.1 Å². The van der Waals surface area contributed by atoms with Gasteiger partial charge in [0.25, 0.3) is 5.91 Å². The van der Waals surface area contributed by atoms with E-state index in [9.17, 15) is 9.90 Å². The SMILES string of the molecule is CCc1cccc(-c2c(Cl)cccc2[C@](O)(CCCCOC)[C@@H]2CCCN(C(=O)c3ccc(CNC)cc3)C2)c1. The zero-order valence-corrected chi connectivity index (χ0v) is 24.8. The number of carbonyl (C=O) groups is 1. The van der Waals surface area contributed by atoms with Gasteiger partial charge in [-0.3, -0.25) is 4.79 Å². The van der Waals surface area contributed by atoms with Gasteiger partial charge in [-0.1, -0.05) is 67.1 Å². The number of hydrogen-bond donors (Lipinski definition) is 2. The van der Waals surface area contributed by atoms with Crippen LogP contribution >= 0.6 is 11.6 Å². The van der Waals surface area contributed by atoms with Crippen molar-refractivity contribution < 1.29 is 14.6 Å². The summed E-state index contributed by atoms with van der Waals surface area (Å²) in [4.78, 5) is 15.5. The number of amides is 1. The van der Waals surface area contributed by atoms with Gasteiger partial charge in [-0.05, 0) is 86.0 Å². The molecule has 1 fully saturated rings. The van der Waals surface area contributed by atoms with Crippen LogP contribution in [0.2, 0.25) is 5.02 Å². The Hall–Kier alpha value is -2.70. The number of rotatable bonds is 12. The van der Waals surface area contributed by atoms with Crippen LogP contribution < -0.4 is 5.32 Å². The monoisotopic (exact) mass is 562 g/mol. The number of methoxy groups -OCH3 is 1. The van der Waals surface area contributed by atoms with Gasteiger partial charge < -0.3 is 20.1 Å². The lowest BCUT2D eigenvalue weighted by atomic mass is 9.72. The minimum atomic E-state index is -1.15. The highest BCUT2D eigenvalue weighted by Crippen LogP contribution is 2.46. The number of carbonyl (C=O) groups excluding carboxylic acids is 1. The number of aryl methyl sites for hydroxylation is 1. The van der Waals surface area contributed by atoms with Crippen LogP contribution in [-0.2, 0) is 23.3 Å². The Morgan fingerprint density at radius 1 is 1.10 bits per heavy atom. The minimum absolute atomic E-state index is 0.0180. The predicted molar refractivity (Wildman–Crippen MR) is 164 cm³/mol. The first-order chi connectivity index (χ1) is 19.4. The number of benzene rings is 3. The van der Waals surface area contributed by atoms with Crippen LogP contribution in [0.5, 0.6) is 0 Å². The Kier molecular flexibility index (Phi) is 10.8. The van der Waals surface area contributed by atoms with E-state index in [1.54, 1.807) is 7.11 Å². The van der Waals surface area contributed by atoms with Gasteiger partial charge in [-0.15, -0.1) is 0 Å². The summed E-state index contributed by atoms with van der Waals surface area (Å²) in [5, 5.41) is 16.5. The average molecular weight is 563 g/mol. The first-order valence-corrected chi connectivity index (χ1v) is 14.9. The number of unbranched alkanes of at least 4 members (excludes halogenated alkanes) is 1. The van der Waals surface area contributed by atoms with Crippen molar-refractivity contribution >= 4 is 17.5 Å². The molecule has 5 nitrogen and oxygen atoms in total. The van der Waals surface area contributed by atoms with E-state index < -0.39 is 5.60 Å². The lowest BCUT2D eigenvalue weighted by Gasteiger charge is -2.44. The molecule has 0 aliphatic carbocycles. The molecule has 214 valence electrons. The van der Waals surface area contributed by atoms with E-state index >= 15 is 0 Å². The Labute approximate surface area is 244 Å². The molecule has 0 unspecified atom stereocenters. The van der Waals surface area contributed by atoms with Gasteiger partial charge in [0.05, 0.1) is 5.60 Å². The van der Waals surface area contributed by atoms with Crippen molar-refractivity contribution in [2.75, 3.05) is 33.9 Å². The largest absolute Gasteiger partial charge is 0.385 e. The number of ether oxygens (including phenoxy) is 1. The van der Waals surface area contributed by atoms with Gasteiger partial charge in [0.15, 0.2) is 0 Å². The van der Waals surface area contributed by atoms with Gasteiger partial charge in [0.1, 0.15) is 0 Å². The van der Waals surface area contributed by atoms with Crippen molar-refractivity contribution in [2.24, 2.45) is 5.92 Å². The van der Waals surface area contributed by atoms with Gasteiger partial charge >= 0.3 is 0 Å². The molecule has 0 aromatic heterocycles. The number of piperidine rings is 1. The summed E-state index contributed by atoms with van der Waals surface area (Å²) in [6.45, 7) is 4.74. The highest BCUT2D eigenvalue weighted by atomic mass is 35.5. The molecular weight excluding hydrogens is 520 g/mol. The number of hydrogen-bond acceptors (Lipinski definition) is 4. The fourth-order valence-electron chi connectivity index (χ4n) is 6.03. The number of halogens is 1. The van der Waals surface area contributed by atoms with Crippen molar-refractivity contribution in [3.63, 3.8) is 0 Å². The zero-order valence-electron chi connectivity index (χ0n) is 24.1. The number of likely N-dealkylation sites (tertiary alicyclic amines) is 1. The lowest BCUT2D eigenvalue weighted by Crippen LogP contribution is -2.48. The molecule has 1 saturated heterocycles. The summed E-state index contributed by atoms with van der Waals surface area (Å²) < 4.78 is 5.31. The maximum absolute atomic E-state index is 13.6. The van der Waals surface area contributed by atoms with Gasteiger partial charge in [0, 0.05) is 55.4 Å². The van der Waals surface area contributed by atoms with Crippen molar-refractivity contribution in [3.05, 3.63) is 94.0 Å². The average Bonchev–Trinajstić information content (AvgIpc) is 2.99. The van der Waals surface area contributed by atoms with E-state index in [1.165, 1.54) is 5.56 Å². The summed E-state index contributed by atoms with van der Waals surface area (Å²) in [5.41, 5.74) is 4.65. The third-order valence-electron chi connectivity index (χ3n) is 8.23. The summed E-state index contributed by atoms with van der Waals surface area (Å²) in [6, 6.07) is 22.1. The summed E-state index contributed by atoms with van der Waals surface area (Å²) in [7, 11) is 3.62. The molecule has 4 rings (SSSR count). The van der Waals surface area contributed by atoms with Gasteiger partial charge in [-0.2, -0.15) is 0 Å². The third-order valence-corrected chi connectivity index (χ3v) is 8.54. The van der Waals surface area contributed by atoms with Crippen LogP contribution in [0.1, 0.15) is 66.1 Å². The molecule has 2 N–H and O–H groups in total. The Morgan fingerprint density at radius 2 is 1.88 bits per heavy atom.